The van der Waals surface area contributed by atoms with Gasteiger partial charge in [0.25, 0.3) is 11.8 Å². The zero-order valence-corrected chi connectivity index (χ0v) is 17.2. The molecular formula is C22H13ClN2O5S. The maximum atomic E-state index is 13.0. The third-order valence-corrected chi connectivity index (χ3v) is 5.12. The molecule has 1 fully saturated rings. The summed E-state index contributed by atoms with van der Waals surface area (Å²) in [6, 6.07) is 16.3. The highest BCUT2D eigenvalue weighted by Gasteiger charge is 2.34. The first-order valence-electron chi connectivity index (χ1n) is 8.94. The molecule has 1 aliphatic heterocycles. The monoisotopic (exact) mass is 452 g/mol. The molecule has 9 heteroatoms. The van der Waals surface area contributed by atoms with Gasteiger partial charge in [0, 0.05) is 5.56 Å². The number of carbonyl (C=O) groups is 3. The van der Waals surface area contributed by atoms with Crippen LogP contribution in [0.4, 0.5) is 5.69 Å². The van der Waals surface area contributed by atoms with Gasteiger partial charge < -0.3 is 9.52 Å². The van der Waals surface area contributed by atoms with Crippen LogP contribution in [0, 0.1) is 0 Å². The number of furan rings is 1. The van der Waals surface area contributed by atoms with Gasteiger partial charge in [-0.2, -0.15) is 0 Å². The summed E-state index contributed by atoms with van der Waals surface area (Å²) >= 11 is 11.1. The highest BCUT2D eigenvalue weighted by atomic mass is 35.5. The van der Waals surface area contributed by atoms with E-state index in [-0.39, 0.29) is 27.0 Å². The predicted octanol–water partition coefficient (Wildman–Crippen LogP) is 4.13. The Labute approximate surface area is 186 Å². The molecule has 0 radical (unpaired) electrons. The summed E-state index contributed by atoms with van der Waals surface area (Å²) in [6.45, 7) is 0. The fourth-order valence-corrected chi connectivity index (χ4v) is 3.52. The number of carboxylic acid groups (broad SMARTS) is 1. The second-order valence-electron chi connectivity index (χ2n) is 6.50. The third-order valence-electron chi connectivity index (χ3n) is 4.51. The Hall–Kier alpha value is -3.75. The molecule has 0 spiro atoms. The molecule has 0 atom stereocenters. The maximum absolute atomic E-state index is 13.0. The first-order chi connectivity index (χ1) is 14.8. The number of nitrogens with one attached hydrogen (secondary N) is 1. The number of thiocarbonyl (C=S) groups is 1. The Morgan fingerprint density at radius 2 is 1.84 bits per heavy atom. The summed E-state index contributed by atoms with van der Waals surface area (Å²) in [7, 11) is 0. The topological polar surface area (TPSA) is 99.9 Å². The zero-order chi connectivity index (χ0) is 22.1. The number of hydrogen-bond acceptors (Lipinski definition) is 5. The van der Waals surface area contributed by atoms with Crippen LogP contribution in [-0.2, 0) is 9.59 Å². The van der Waals surface area contributed by atoms with E-state index in [1.54, 1.807) is 48.5 Å². The normalized spacial score (nSPS) is 15.3. The molecule has 4 rings (SSSR count). The number of para-hydroxylation sites is 1. The zero-order valence-electron chi connectivity index (χ0n) is 15.7. The van der Waals surface area contributed by atoms with E-state index in [0.717, 1.165) is 0 Å². The lowest BCUT2D eigenvalue weighted by Gasteiger charge is -2.28. The van der Waals surface area contributed by atoms with Gasteiger partial charge in [-0.15, -0.1) is 0 Å². The van der Waals surface area contributed by atoms with Crippen molar-refractivity contribution in [3.05, 3.63) is 82.6 Å². The van der Waals surface area contributed by atoms with Gasteiger partial charge in [0.05, 0.1) is 16.3 Å². The Morgan fingerprint density at radius 3 is 2.55 bits per heavy atom. The van der Waals surface area contributed by atoms with E-state index in [2.05, 4.69) is 5.32 Å². The van der Waals surface area contributed by atoms with Crippen molar-refractivity contribution in [2.45, 2.75) is 0 Å². The third kappa shape index (κ3) is 3.98. The first-order valence-corrected chi connectivity index (χ1v) is 9.73. The van der Waals surface area contributed by atoms with Crippen LogP contribution in [0.3, 0.4) is 0 Å². The molecule has 1 aliphatic rings. The minimum Gasteiger partial charge on any atom is -0.478 e. The molecule has 2 N–H and O–H groups in total. The Morgan fingerprint density at radius 1 is 1.10 bits per heavy atom. The van der Waals surface area contributed by atoms with Crippen LogP contribution in [-0.4, -0.2) is 28.0 Å². The molecule has 3 aromatic rings. The Bertz CT molecular complexity index is 1270. The fourth-order valence-electron chi connectivity index (χ4n) is 3.04. The van der Waals surface area contributed by atoms with Crippen LogP contribution in [0.15, 0.2) is 70.7 Å². The van der Waals surface area contributed by atoms with Gasteiger partial charge in [-0.3, -0.25) is 19.8 Å². The van der Waals surface area contributed by atoms with Gasteiger partial charge in [-0.05, 0) is 60.8 Å². The number of aromatic carboxylic acids is 1. The quantitative estimate of drug-likeness (QED) is 0.351. The van der Waals surface area contributed by atoms with Crippen molar-refractivity contribution in [2.75, 3.05) is 4.90 Å². The number of anilines is 1. The number of benzene rings is 2. The van der Waals surface area contributed by atoms with Crippen molar-refractivity contribution in [1.82, 2.24) is 5.32 Å². The van der Waals surface area contributed by atoms with Crippen molar-refractivity contribution in [3.8, 4) is 11.3 Å². The number of hydrogen-bond donors (Lipinski definition) is 2. The SMILES string of the molecule is O=C1NC(=S)N(c2ccccc2)C(=O)/C1=C\c1ccc(-c2ccc(Cl)c(C(=O)O)c2)o1. The van der Waals surface area contributed by atoms with E-state index in [4.69, 9.17) is 28.2 Å². The summed E-state index contributed by atoms with van der Waals surface area (Å²) < 4.78 is 5.72. The second-order valence-corrected chi connectivity index (χ2v) is 7.29. The van der Waals surface area contributed by atoms with Gasteiger partial charge in [0.1, 0.15) is 17.1 Å². The molecule has 0 saturated carbocycles. The molecule has 2 amide bonds. The van der Waals surface area contributed by atoms with Crippen molar-refractivity contribution in [2.24, 2.45) is 0 Å². The average molecular weight is 453 g/mol. The number of rotatable bonds is 4. The Balaban J connectivity index is 1.67. The molecule has 2 heterocycles. The Kier molecular flexibility index (Phi) is 5.41. The van der Waals surface area contributed by atoms with Crippen molar-refractivity contribution >= 4 is 58.5 Å². The fraction of sp³-hybridized carbons (Fsp3) is 0. The average Bonchev–Trinajstić information content (AvgIpc) is 3.20. The molecule has 0 aliphatic carbocycles. The number of carbonyl (C=O) groups excluding carboxylic acids is 2. The molecule has 1 saturated heterocycles. The van der Waals surface area contributed by atoms with Crippen LogP contribution >= 0.6 is 23.8 Å². The van der Waals surface area contributed by atoms with Gasteiger partial charge in [-0.1, -0.05) is 29.8 Å². The highest BCUT2D eigenvalue weighted by molar-refractivity contribution is 7.80. The molecule has 2 aromatic carbocycles. The molecule has 1 aromatic heterocycles. The minimum atomic E-state index is -1.16. The first kappa shape index (κ1) is 20.5. The van der Waals surface area contributed by atoms with Gasteiger partial charge in [0.15, 0.2) is 5.11 Å². The van der Waals surface area contributed by atoms with Crippen molar-refractivity contribution < 1.29 is 23.9 Å². The molecule has 31 heavy (non-hydrogen) atoms. The summed E-state index contributed by atoms with van der Waals surface area (Å²) in [5, 5.41) is 11.8. The molecular weight excluding hydrogens is 440 g/mol. The smallest absolute Gasteiger partial charge is 0.337 e. The number of halogens is 1. The summed E-state index contributed by atoms with van der Waals surface area (Å²) in [5.41, 5.74) is 0.786. The van der Waals surface area contributed by atoms with Gasteiger partial charge in [-0.25, -0.2) is 4.79 Å². The van der Waals surface area contributed by atoms with E-state index >= 15 is 0 Å². The summed E-state index contributed by atoms with van der Waals surface area (Å²) in [6.07, 6.45) is 1.31. The van der Waals surface area contributed by atoms with E-state index < -0.39 is 17.8 Å². The summed E-state index contributed by atoms with van der Waals surface area (Å²) in [5.74, 6) is -1.80. The highest BCUT2D eigenvalue weighted by Crippen LogP contribution is 2.28. The lowest BCUT2D eigenvalue weighted by molar-refractivity contribution is -0.122. The van der Waals surface area contributed by atoms with Crippen LogP contribution in [0.2, 0.25) is 5.02 Å². The van der Waals surface area contributed by atoms with Crippen LogP contribution in [0.5, 0.6) is 0 Å². The number of amides is 2. The minimum absolute atomic E-state index is 0.0131. The van der Waals surface area contributed by atoms with E-state index in [1.165, 1.54) is 23.1 Å². The lowest BCUT2D eigenvalue weighted by atomic mass is 10.1. The van der Waals surface area contributed by atoms with Crippen molar-refractivity contribution in [1.29, 1.82) is 0 Å². The molecule has 0 bridgehead atoms. The van der Waals surface area contributed by atoms with Crippen LogP contribution in [0.25, 0.3) is 17.4 Å². The molecule has 7 nitrogen and oxygen atoms in total. The number of carboxylic acids is 1. The molecule has 0 unspecified atom stereocenters. The van der Waals surface area contributed by atoms with Crippen molar-refractivity contribution in [3.63, 3.8) is 0 Å². The second kappa shape index (κ2) is 8.17. The summed E-state index contributed by atoms with van der Waals surface area (Å²) in [4.78, 5) is 37.9. The lowest BCUT2D eigenvalue weighted by Crippen LogP contribution is -2.54. The van der Waals surface area contributed by atoms with E-state index in [1.807, 2.05) is 0 Å². The van der Waals surface area contributed by atoms with Gasteiger partial charge >= 0.3 is 5.97 Å². The molecule has 154 valence electrons. The van der Waals surface area contributed by atoms with Gasteiger partial charge in [0.2, 0.25) is 0 Å². The van der Waals surface area contributed by atoms with E-state index in [9.17, 15) is 19.5 Å². The van der Waals surface area contributed by atoms with Crippen LogP contribution < -0.4 is 10.2 Å². The maximum Gasteiger partial charge on any atom is 0.337 e. The number of nitrogens with zero attached hydrogens (tertiary/aromatic N) is 1. The predicted molar refractivity (Wildman–Crippen MR) is 119 cm³/mol. The van der Waals surface area contributed by atoms with E-state index in [0.29, 0.717) is 17.0 Å². The van der Waals surface area contributed by atoms with Crippen LogP contribution in [0.1, 0.15) is 16.1 Å². The largest absolute Gasteiger partial charge is 0.478 e. The standard InChI is InChI=1S/C22H13ClN2O5S/c23-17-8-6-12(10-15(17)21(28)29)18-9-7-14(30-18)11-16-19(26)24-22(31)25(20(16)27)13-4-2-1-3-5-13/h1-11H,(H,28,29)(H,24,26,31)/b16-11-.